The molecular formula is C9H11N2O. The molecule has 12 heavy (non-hydrogen) atoms. The van der Waals surface area contributed by atoms with Gasteiger partial charge in [-0.1, -0.05) is 0 Å². The fraction of sp³-hybridized carbons (Fsp3) is 0.333. The van der Waals surface area contributed by atoms with Gasteiger partial charge >= 0.3 is 0 Å². The van der Waals surface area contributed by atoms with Crippen LogP contribution in [0.25, 0.3) is 0 Å². The van der Waals surface area contributed by atoms with Gasteiger partial charge in [-0.25, -0.2) is 4.98 Å². The number of nitrogens with zero attached hydrogens (tertiary/aromatic N) is 1. The van der Waals surface area contributed by atoms with E-state index in [1.807, 2.05) is 6.07 Å². The van der Waals surface area contributed by atoms with E-state index in [0.29, 0.717) is 12.6 Å². The molecule has 0 saturated heterocycles. The highest BCUT2D eigenvalue weighted by Crippen LogP contribution is 2.26. The van der Waals surface area contributed by atoms with E-state index in [9.17, 15) is 0 Å². The first-order valence-electron chi connectivity index (χ1n) is 3.97. The first-order valence-corrected chi connectivity index (χ1v) is 3.97. The predicted molar refractivity (Wildman–Crippen MR) is 47.3 cm³/mol. The van der Waals surface area contributed by atoms with E-state index in [1.165, 1.54) is 0 Å². The summed E-state index contributed by atoms with van der Waals surface area (Å²) in [6, 6.07) is 2.22. The minimum Gasteiger partial charge on any atom is -0.488 e. The maximum absolute atomic E-state index is 5.45. The lowest BCUT2D eigenvalue weighted by Gasteiger charge is -2.23. The Bertz CT molecular complexity index is 299. The summed E-state index contributed by atoms with van der Waals surface area (Å²) >= 11 is 0. The van der Waals surface area contributed by atoms with Crippen LogP contribution in [0.5, 0.6) is 5.75 Å². The van der Waals surface area contributed by atoms with Gasteiger partial charge in [-0.05, 0) is 25.5 Å². The molecule has 3 heteroatoms. The topological polar surface area (TPSA) is 34.1 Å². The van der Waals surface area contributed by atoms with Crippen molar-refractivity contribution >= 4 is 5.82 Å². The summed E-state index contributed by atoms with van der Waals surface area (Å²) in [6.07, 6.45) is 1.73. The van der Waals surface area contributed by atoms with Crippen molar-refractivity contribution in [2.24, 2.45) is 0 Å². The van der Waals surface area contributed by atoms with Crippen LogP contribution >= 0.6 is 0 Å². The van der Waals surface area contributed by atoms with Crippen molar-refractivity contribution < 1.29 is 4.74 Å². The SMILES string of the molecule is [CH2]c1cnc2c(c1)OCC(C)N2. The van der Waals surface area contributed by atoms with Crippen molar-refractivity contribution in [1.29, 1.82) is 0 Å². The number of hydrogen-bond donors (Lipinski definition) is 1. The largest absolute Gasteiger partial charge is 0.488 e. The fourth-order valence-electron chi connectivity index (χ4n) is 1.19. The zero-order chi connectivity index (χ0) is 8.55. The van der Waals surface area contributed by atoms with Crippen LogP contribution in [0.3, 0.4) is 0 Å². The molecule has 1 aromatic rings. The van der Waals surface area contributed by atoms with Gasteiger partial charge in [0.05, 0.1) is 6.04 Å². The van der Waals surface area contributed by atoms with Crippen molar-refractivity contribution in [3.8, 4) is 5.75 Å². The number of rotatable bonds is 0. The van der Waals surface area contributed by atoms with E-state index in [0.717, 1.165) is 17.1 Å². The molecule has 0 aromatic carbocycles. The van der Waals surface area contributed by atoms with Crippen LogP contribution < -0.4 is 10.1 Å². The summed E-state index contributed by atoms with van der Waals surface area (Å²) in [6.45, 7) is 6.53. The molecule has 2 rings (SSSR count). The number of anilines is 1. The number of ether oxygens (including phenoxy) is 1. The lowest BCUT2D eigenvalue weighted by Crippen LogP contribution is -2.28. The minimum atomic E-state index is 0.334. The number of hydrogen-bond acceptors (Lipinski definition) is 3. The van der Waals surface area contributed by atoms with Gasteiger partial charge in [-0.2, -0.15) is 0 Å². The first kappa shape index (κ1) is 7.40. The van der Waals surface area contributed by atoms with E-state index < -0.39 is 0 Å². The van der Waals surface area contributed by atoms with Gasteiger partial charge in [0, 0.05) is 6.20 Å². The second-order valence-electron chi connectivity index (χ2n) is 3.05. The van der Waals surface area contributed by atoms with E-state index in [1.54, 1.807) is 6.20 Å². The highest BCUT2D eigenvalue weighted by molar-refractivity contribution is 5.53. The predicted octanol–water partition coefficient (Wildman–Crippen LogP) is 1.46. The molecule has 1 aromatic heterocycles. The molecular weight excluding hydrogens is 152 g/mol. The fourth-order valence-corrected chi connectivity index (χ4v) is 1.19. The summed E-state index contributed by atoms with van der Waals surface area (Å²) in [5, 5.41) is 3.22. The molecule has 63 valence electrons. The van der Waals surface area contributed by atoms with Crippen LogP contribution in [0.4, 0.5) is 5.82 Å². The molecule has 1 unspecified atom stereocenters. The van der Waals surface area contributed by atoms with Gasteiger partial charge in [0.15, 0.2) is 11.6 Å². The molecule has 0 bridgehead atoms. The lowest BCUT2D eigenvalue weighted by molar-refractivity contribution is 0.290. The molecule has 0 spiro atoms. The third kappa shape index (κ3) is 1.22. The number of pyridine rings is 1. The first-order chi connectivity index (χ1) is 5.75. The van der Waals surface area contributed by atoms with E-state index >= 15 is 0 Å². The molecule has 1 radical (unpaired) electrons. The van der Waals surface area contributed by atoms with E-state index in [2.05, 4.69) is 24.1 Å². The van der Waals surface area contributed by atoms with Crippen molar-refractivity contribution in [1.82, 2.24) is 4.98 Å². The van der Waals surface area contributed by atoms with Crippen molar-refractivity contribution in [2.45, 2.75) is 13.0 Å². The summed E-state index contributed by atoms with van der Waals surface area (Å²) in [4.78, 5) is 4.17. The number of aromatic nitrogens is 1. The molecule has 1 aliphatic rings. The molecule has 0 amide bonds. The van der Waals surface area contributed by atoms with Crippen LogP contribution in [0.1, 0.15) is 12.5 Å². The molecule has 0 saturated carbocycles. The van der Waals surface area contributed by atoms with Crippen LogP contribution in [-0.2, 0) is 0 Å². The molecule has 0 fully saturated rings. The van der Waals surface area contributed by atoms with E-state index in [4.69, 9.17) is 4.74 Å². The zero-order valence-corrected chi connectivity index (χ0v) is 7.00. The standard InChI is InChI=1S/C9H11N2O/c1-6-3-8-9(10-4-6)11-7(2)5-12-8/h3-4,7H,1,5H2,2H3,(H,10,11). The molecule has 2 heterocycles. The van der Waals surface area contributed by atoms with Crippen molar-refractivity contribution in [2.75, 3.05) is 11.9 Å². The Hall–Kier alpha value is -1.25. The van der Waals surface area contributed by atoms with Crippen molar-refractivity contribution in [3.63, 3.8) is 0 Å². The van der Waals surface area contributed by atoms with Crippen molar-refractivity contribution in [3.05, 3.63) is 24.8 Å². The van der Waals surface area contributed by atoms with E-state index in [-0.39, 0.29) is 0 Å². The highest BCUT2D eigenvalue weighted by atomic mass is 16.5. The maximum Gasteiger partial charge on any atom is 0.169 e. The number of fused-ring (bicyclic) bond motifs is 1. The lowest BCUT2D eigenvalue weighted by atomic mass is 10.2. The highest BCUT2D eigenvalue weighted by Gasteiger charge is 2.15. The van der Waals surface area contributed by atoms with Crippen LogP contribution in [0.15, 0.2) is 12.3 Å². The quantitative estimate of drug-likeness (QED) is 0.628. The molecule has 3 nitrogen and oxygen atoms in total. The Morgan fingerprint density at radius 1 is 1.75 bits per heavy atom. The molecule has 1 atom stereocenters. The average Bonchev–Trinajstić information content (AvgIpc) is 2.05. The summed E-state index contributed by atoms with van der Waals surface area (Å²) < 4.78 is 5.45. The molecule has 1 aliphatic heterocycles. The van der Waals surface area contributed by atoms with Crippen LogP contribution in [0.2, 0.25) is 0 Å². The average molecular weight is 163 g/mol. The summed E-state index contributed by atoms with van der Waals surface area (Å²) in [7, 11) is 0. The Balaban J connectivity index is 2.37. The monoisotopic (exact) mass is 163 g/mol. The van der Waals surface area contributed by atoms with Gasteiger partial charge in [-0.15, -0.1) is 0 Å². The third-order valence-corrected chi connectivity index (χ3v) is 1.78. The van der Waals surface area contributed by atoms with Gasteiger partial charge < -0.3 is 10.1 Å². The zero-order valence-electron chi connectivity index (χ0n) is 7.00. The number of nitrogens with one attached hydrogen (secondary N) is 1. The van der Waals surface area contributed by atoms with Gasteiger partial charge in [-0.3, -0.25) is 0 Å². The second-order valence-corrected chi connectivity index (χ2v) is 3.05. The Labute approximate surface area is 71.8 Å². The van der Waals surface area contributed by atoms with Crippen LogP contribution in [0, 0.1) is 6.92 Å². The smallest absolute Gasteiger partial charge is 0.169 e. The second kappa shape index (κ2) is 2.66. The van der Waals surface area contributed by atoms with Crippen LogP contribution in [-0.4, -0.2) is 17.6 Å². The minimum absolute atomic E-state index is 0.334. The Kier molecular flexibility index (Phi) is 1.64. The summed E-state index contributed by atoms with van der Waals surface area (Å²) in [5.74, 6) is 1.63. The third-order valence-electron chi connectivity index (χ3n) is 1.78. The Morgan fingerprint density at radius 2 is 2.58 bits per heavy atom. The van der Waals surface area contributed by atoms with Gasteiger partial charge in [0.25, 0.3) is 0 Å². The Morgan fingerprint density at radius 3 is 3.42 bits per heavy atom. The normalized spacial score (nSPS) is 20.7. The van der Waals surface area contributed by atoms with Gasteiger partial charge in [0.2, 0.25) is 0 Å². The molecule has 0 aliphatic carbocycles. The maximum atomic E-state index is 5.45. The summed E-state index contributed by atoms with van der Waals surface area (Å²) in [5.41, 5.74) is 0.880. The van der Waals surface area contributed by atoms with Gasteiger partial charge in [0.1, 0.15) is 6.61 Å². The molecule has 1 N–H and O–H groups in total.